The summed E-state index contributed by atoms with van der Waals surface area (Å²) in [5.41, 5.74) is 10.2. The molecule has 0 saturated carbocycles. The number of benzene rings is 2. The molecule has 0 aliphatic carbocycles. The largest absolute Gasteiger partial charge is 0.494 e. The third-order valence-electron chi connectivity index (χ3n) is 3.20. The van der Waals surface area contributed by atoms with Gasteiger partial charge in [0, 0.05) is 35.7 Å². The monoisotopic (exact) mass is 270 g/mol. The highest BCUT2D eigenvalue weighted by molar-refractivity contribution is 5.68. The Balaban J connectivity index is 2.38. The lowest BCUT2D eigenvalue weighted by molar-refractivity contribution is 0.340. The second-order valence-electron chi connectivity index (χ2n) is 4.77. The molecule has 0 atom stereocenters. The minimum Gasteiger partial charge on any atom is -0.494 e. The van der Waals surface area contributed by atoms with Gasteiger partial charge in [0.1, 0.15) is 5.75 Å². The SMILES string of the molecule is CCOc1cc(N)cc(N(CC)c2ccc(C)cc2)c1. The zero-order chi connectivity index (χ0) is 14.5. The summed E-state index contributed by atoms with van der Waals surface area (Å²) < 4.78 is 5.57. The summed E-state index contributed by atoms with van der Waals surface area (Å²) in [4.78, 5) is 2.22. The predicted molar refractivity (Wildman–Crippen MR) is 85.9 cm³/mol. The van der Waals surface area contributed by atoms with Gasteiger partial charge in [-0.3, -0.25) is 0 Å². The summed E-state index contributed by atoms with van der Waals surface area (Å²) in [6.45, 7) is 7.70. The van der Waals surface area contributed by atoms with E-state index in [9.17, 15) is 0 Å². The van der Waals surface area contributed by atoms with Gasteiger partial charge in [0.05, 0.1) is 6.61 Å². The van der Waals surface area contributed by atoms with Crippen LogP contribution in [0.3, 0.4) is 0 Å². The fourth-order valence-corrected chi connectivity index (χ4v) is 2.25. The van der Waals surface area contributed by atoms with Gasteiger partial charge in [-0.25, -0.2) is 0 Å². The van der Waals surface area contributed by atoms with Crippen LogP contribution in [0.2, 0.25) is 0 Å². The molecule has 3 heteroatoms. The molecule has 2 rings (SSSR count). The topological polar surface area (TPSA) is 38.5 Å². The summed E-state index contributed by atoms with van der Waals surface area (Å²) in [5.74, 6) is 0.813. The lowest BCUT2D eigenvalue weighted by atomic mass is 10.2. The number of nitrogen functional groups attached to an aromatic ring is 1. The lowest BCUT2D eigenvalue weighted by Gasteiger charge is -2.24. The number of nitrogens with two attached hydrogens (primary N) is 1. The van der Waals surface area contributed by atoms with E-state index in [1.54, 1.807) is 0 Å². The standard InChI is InChI=1S/C17H22N2O/c1-4-19(15-8-6-13(3)7-9-15)16-10-14(18)11-17(12-16)20-5-2/h6-12H,4-5,18H2,1-3H3. The summed E-state index contributed by atoms with van der Waals surface area (Å²) in [6, 6.07) is 14.4. The maximum Gasteiger partial charge on any atom is 0.123 e. The van der Waals surface area contributed by atoms with Gasteiger partial charge in [0.15, 0.2) is 0 Å². The van der Waals surface area contributed by atoms with Crippen molar-refractivity contribution in [1.29, 1.82) is 0 Å². The van der Waals surface area contributed by atoms with Gasteiger partial charge in [0.2, 0.25) is 0 Å². The van der Waals surface area contributed by atoms with Gasteiger partial charge in [-0.05, 0) is 39.0 Å². The maximum atomic E-state index is 5.98. The number of aryl methyl sites for hydroxylation is 1. The quantitative estimate of drug-likeness (QED) is 0.830. The van der Waals surface area contributed by atoms with Crippen LogP contribution < -0.4 is 15.4 Å². The molecular weight excluding hydrogens is 248 g/mol. The van der Waals surface area contributed by atoms with Crippen molar-refractivity contribution in [2.75, 3.05) is 23.8 Å². The van der Waals surface area contributed by atoms with Gasteiger partial charge in [0.25, 0.3) is 0 Å². The molecule has 0 bridgehead atoms. The molecule has 0 spiro atoms. The van der Waals surface area contributed by atoms with E-state index in [1.165, 1.54) is 5.56 Å². The molecule has 2 aromatic carbocycles. The van der Waals surface area contributed by atoms with Crippen LogP contribution in [0, 0.1) is 6.92 Å². The Kier molecular flexibility index (Phi) is 4.51. The fourth-order valence-electron chi connectivity index (χ4n) is 2.25. The highest BCUT2D eigenvalue weighted by atomic mass is 16.5. The van der Waals surface area contributed by atoms with Crippen LogP contribution in [0.15, 0.2) is 42.5 Å². The van der Waals surface area contributed by atoms with Crippen LogP contribution in [0.1, 0.15) is 19.4 Å². The molecule has 0 fully saturated rings. The molecule has 0 unspecified atom stereocenters. The molecule has 0 saturated heterocycles. The Hall–Kier alpha value is -2.16. The molecule has 0 amide bonds. The first-order valence-corrected chi connectivity index (χ1v) is 7.01. The lowest BCUT2D eigenvalue weighted by Crippen LogP contribution is -2.16. The third kappa shape index (κ3) is 3.23. The van der Waals surface area contributed by atoms with Crippen LogP contribution in [0.25, 0.3) is 0 Å². The molecule has 20 heavy (non-hydrogen) atoms. The van der Waals surface area contributed by atoms with Gasteiger partial charge in [-0.1, -0.05) is 17.7 Å². The molecule has 106 valence electrons. The fraction of sp³-hybridized carbons (Fsp3) is 0.294. The number of anilines is 3. The van der Waals surface area contributed by atoms with E-state index in [0.717, 1.165) is 29.4 Å². The van der Waals surface area contributed by atoms with Crippen molar-refractivity contribution in [1.82, 2.24) is 0 Å². The van der Waals surface area contributed by atoms with Gasteiger partial charge in [-0.2, -0.15) is 0 Å². The van der Waals surface area contributed by atoms with Gasteiger partial charge in [-0.15, -0.1) is 0 Å². The first kappa shape index (κ1) is 14.3. The minimum absolute atomic E-state index is 0.638. The number of rotatable bonds is 5. The molecular formula is C17H22N2O. The third-order valence-corrected chi connectivity index (χ3v) is 3.20. The van der Waals surface area contributed by atoms with E-state index in [-0.39, 0.29) is 0 Å². The molecule has 2 N–H and O–H groups in total. The van der Waals surface area contributed by atoms with Gasteiger partial charge < -0.3 is 15.4 Å². The number of hydrogen-bond acceptors (Lipinski definition) is 3. The van der Waals surface area contributed by atoms with Crippen molar-refractivity contribution in [3.05, 3.63) is 48.0 Å². The number of nitrogens with zero attached hydrogens (tertiary/aromatic N) is 1. The Morgan fingerprint density at radius 3 is 2.30 bits per heavy atom. The van der Waals surface area contributed by atoms with E-state index < -0.39 is 0 Å². The van der Waals surface area contributed by atoms with E-state index in [1.807, 2.05) is 25.1 Å². The minimum atomic E-state index is 0.638. The molecule has 0 heterocycles. The van der Waals surface area contributed by atoms with Crippen LogP contribution in [0.5, 0.6) is 5.75 Å². The number of hydrogen-bond donors (Lipinski definition) is 1. The highest BCUT2D eigenvalue weighted by Gasteiger charge is 2.09. The van der Waals surface area contributed by atoms with Crippen molar-refractivity contribution < 1.29 is 4.74 Å². The first-order chi connectivity index (χ1) is 9.63. The number of ether oxygens (including phenoxy) is 1. The summed E-state index contributed by atoms with van der Waals surface area (Å²) in [6.07, 6.45) is 0. The molecule has 0 aliphatic rings. The Morgan fingerprint density at radius 2 is 1.70 bits per heavy atom. The van der Waals surface area contributed by atoms with Crippen molar-refractivity contribution in [3.8, 4) is 5.75 Å². The summed E-state index contributed by atoms with van der Waals surface area (Å²) >= 11 is 0. The maximum absolute atomic E-state index is 5.98. The Bertz CT molecular complexity index is 564. The summed E-state index contributed by atoms with van der Waals surface area (Å²) in [5, 5.41) is 0. The van der Waals surface area contributed by atoms with Crippen LogP contribution in [-0.4, -0.2) is 13.2 Å². The zero-order valence-corrected chi connectivity index (χ0v) is 12.4. The molecule has 0 aromatic heterocycles. The first-order valence-electron chi connectivity index (χ1n) is 7.01. The molecule has 2 aromatic rings. The average Bonchev–Trinajstić information content (AvgIpc) is 2.41. The van der Waals surface area contributed by atoms with Crippen LogP contribution >= 0.6 is 0 Å². The second kappa shape index (κ2) is 6.33. The van der Waals surface area contributed by atoms with E-state index >= 15 is 0 Å². The molecule has 3 nitrogen and oxygen atoms in total. The second-order valence-corrected chi connectivity index (χ2v) is 4.77. The zero-order valence-electron chi connectivity index (χ0n) is 12.4. The van der Waals surface area contributed by atoms with Gasteiger partial charge >= 0.3 is 0 Å². The Morgan fingerprint density at radius 1 is 1.00 bits per heavy atom. The van der Waals surface area contributed by atoms with Crippen molar-refractivity contribution in [2.24, 2.45) is 0 Å². The molecule has 0 aliphatic heterocycles. The average molecular weight is 270 g/mol. The normalized spacial score (nSPS) is 10.3. The predicted octanol–water partition coefficient (Wildman–Crippen LogP) is 4.13. The smallest absolute Gasteiger partial charge is 0.123 e. The van der Waals surface area contributed by atoms with Crippen molar-refractivity contribution in [2.45, 2.75) is 20.8 Å². The Labute approximate surface area is 121 Å². The van der Waals surface area contributed by atoms with Crippen LogP contribution in [0.4, 0.5) is 17.1 Å². The molecule has 0 radical (unpaired) electrons. The van der Waals surface area contributed by atoms with Crippen LogP contribution in [-0.2, 0) is 0 Å². The van der Waals surface area contributed by atoms with Crippen molar-refractivity contribution >= 4 is 17.1 Å². The highest BCUT2D eigenvalue weighted by Crippen LogP contribution is 2.30. The van der Waals surface area contributed by atoms with Crippen molar-refractivity contribution in [3.63, 3.8) is 0 Å². The van der Waals surface area contributed by atoms with E-state index in [0.29, 0.717) is 6.61 Å². The van der Waals surface area contributed by atoms with E-state index in [2.05, 4.69) is 43.0 Å². The van der Waals surface area contributed by atoms with E-state index in [4.69, 9.17) is 10.5 Å². The summed E-state index contributed by atoms with van der Waals surface area (Å²) in [7, 11) is 0.